The maximum Gasteiger partial charge on any atom is 0.209 e. The second-order valence-corrected chi connectivity index (χ2v) is 6.76. The van der Waals surface area contributed by atoms with Gasteiger partial charge in [0.1, 0.15) is 11.6 Å². The zero-order valence-corrected chi connectivity index (χ0v) is 15.3. The van der Waals surface area contributed by atoms with Crippen LogP contribution in [0.25, 0.3) is 22.6 Å². The maximum absolute atomic E-state index is 13.7. The zero-order chi connectivity index (χ0) is 19.9. The fourth-order valence-corrected chi connectivity index (χ4v) is 2.95. The van der Waals surface area contributed by atoms with Gasteiger partial charge >= 0.3 is 0 Å². The minimum atomic E-state index is -1.55. The van der Waals surface area contributed by atoms with E-state index in [1.807, 2.05) is 4.57 Å². The first kappa shape index (κ1) is 18.0. The third kappa shape index (κ3) is 3.17. The molecule has 7 heteroatoms. The largest absolute Gasteiger partial charge is 0.382 e. The Morgan fingerprint density at radius 1 is 1.36 bits per heavy atom. The summed E-state index contributed by atoms with van der Waals surface area (Å²) in [5.41, 5.74) is 6.18. The number of hydrogen-bond acceptors (Lipinski definition) is 5. The van der Waals surface area contributed by atoms with E-state index in [0.717, 1.165) is 12.8 Å². The summed E-state index contributed by atoms with van der Waals surface area (Å²) in [6.07, 6.45) is 7.57. The lowest BCUT2D eigenvalue weighted by atomic mass is 10.0. The lowest BCUT2D eigenvalue weighted by Crippen LogP contribution is -2.22. The molecule has 3 aromatic rings. The molecule has 0 aliphatic heterocycles. The van der Waals surface area contributed by atoms with Gasteiger partial charge in [-0.25, -0.2) is 19.3 Å². The van der Waals surface area contributed by atoms with E-state index in [0.29, 0.717) is 22.6 Å². The van der Waals surface area contributed by atoms with Crippen molar-refractivity contribution < 1.29 is 9.50 Å². The van der Waals surface area contributed by atoms with Crippen LogP contribution in [0.5, 0.6) is 0 Å². The van der Waals surface area contributed by atoms with E-state index in [9.17, 15) is 9.50 Å². The molecule has 0 spiro atoms. The molecule has 1 fully saturated rings. The number of aromatic nitrogens is 4. The van der Waals surface area contributed by atoms with Crippen molar-refractivity contribution in [3.63, 3.8) is 0 Å². The van der Waals surface area contributed by atoms with Crippen molar-refractivity contribution in [2.45, 2.75) is 37.8 Å². The van der Waals surface area contributed by atoms with Crippen LogP contribution in [0, 0.1) is 30.0 Å². The predicted octanol–water partition coefficient (Wildman–Crippen LogP) is 2.68. The number of rotatable bonds is 3. The SMILES string of the molecule is C#CC(O)(C#Cc1nc(N)c2nc(-c3cccc(F)c3)n(C3CC3)c2n1)CC. The van der Waals surface area contributed by atoms with Crippen molar-refractivity contribution in [1.82, 2.24) is 19.5 Å². The highest BCUT2D eigenvalue weighted by Crippen LogP contribution is 2.41. The average molecular weight is 375 g/mol. The number of nitrogens with zero attached hydrogens (tertiary/aromatic N) is 4. The Morgan fingerprint density at radius 3 is 2.79 bits per heavy atom. The normalized spacial score (nSPS) is 15.5. The predicted molar refractivity (Wildman–Crippen MR) is 104 cm³/mol. The van der Waals surface area contributed by atoms with E-state index in [1.54, 1.807) is 19.1 Å². The van der Waals surface area contributed by atoms with Crippen molar-refractivity contribution in [2.24, 2.45) is 0 Å². The van der Waals surface area contributed by atoms with Gasteiger partial charge in [0.15, 0.2) is 22.6 Å². The summed E-state index contributed by atoms with van der Waals surface area (Å²) in [4.78, 5) is 13.3. The van der Waals surface area contributed by atoms with Crippen LogP contribution in [0.2, 0.25) is 0 Å². The molecule has 28 heavy (non-hydrogen) atoms. The van der Waals surface area contributed by atoms with Crippen LogP contribution in [0.4, 0.5) is 10.2 Å². The number of nitrogen functional groups attached to an aromatic ring is 1. The molecule has 0 bridgehead atoms. The molecule has 2 heterocycles. The van der Waals surface area contributed by atoms with Gasteiger partial charge in [0, 0.05) is 11.6 Å². The van der Waals surface area contributed by atoms with E-state index in [1.165, 1.54) is 12.1 Å². The second kappa shape index (κ2) is 6.63. The van der Waals surface area contributed by atoms with Crippen molar-refractivity contribution in [2.75, 3.05) is 5.73 Å². The molecule has 4 rings (SSSR count). The number of terminal acetylenes is 1. The standard InChI is InChI=1S/C21H18FN5O/c1-3-21(28,4-2)11-10-16-24-18(23)17-20(25-16)27(15-8-9-15)19(26-17)13-6-5-7-14(22)12-13/h1,5-7,12,15,28H,4,8-9H2,2H3,(H2,23,24,25). The van der Waals surface area contributed by atoms with Crippen LogP contribution in [-0.4, -0.2) is 30.2 Å². The fraction of sp³-hybridized carbons (Fsp3) is 0.286. The first-order valence-electron chi connectivity index (χ1n) is 8.99. The van der Waals surface area contributed by atoms with Gasteiger partial charge in [-0.2, -0.15) is 0 Å². The number of nitrogens with two attached hydrogens (primary N) is 1. The first-order valence-corrected chi connectivity index (χ1v) is 8.99. The lowest BCUT2D eigenvalue weighted by molar-refractivity contribution is 0.159. The number of fused-ring (bicyclic) bond motifs is 1. The third-order valence-electron chi connectivity index (χ3n) is 4.69. The van der Waals surface area contributed by atoms with E-state index in [4.69, 9.17) is 12.2 Å². The van der Waals surface area contributed by atoms with Gasteiger partial charge in [0.25, 0.3) is 0 Å². The van der Waals surface area contributed by atoms with E-state index in [-0.39, 0.29) is 29.9 Å². The molecule has 0 saturated heterocycles. The lowest BCUT2D eigenvalue weighted by Gasteiger charge is -2.10. The third-order valence-corrected chi connectivity index (χ3v) is 4.69. The van der Waals surface area contributed by atoms with Gasteiger partial charge in [0.05, 0.1) is 0 Å². The summed E-state index contributed by atoms with van der Waals surface area (Å²) in [5.74, 6) is 8.18. The minimum absolute atomic E-state index is 0.153. The number of halogens is 1. The molecule has 1 aliphatic rings. The van der Waals surface area contributed by atoms with Crippen molar-refractivity contribution >= 4 is 17.0 Å². The zero-order valence-electron chi connectivity index (χ0n) is 15.3. The molecule has 1 saturated carbocycles. The molecule has 3 N–H and O–H groups in total. The average Bonchev–Trinajstić information content (AvgIpc) is 3.46. The van der Waals surface area contributed by atoms with Gasteiger partial charge in [-0.3, -0.25) is 0 Å². The quantitative estimate of drug-likeness (QED) is 0.687. The van der Waals surface area contributed by atoms with Crippen LogP contribution in [0.1, 0.15) is 38.1 Å². The Balaban J connectivity index is 1.90. The molecule has 0 amide bonds. The van der Waals surface area contributed by atoms with E-state index < -0.39 is 5.60 Å². The second-order valence-electron chi connectivity index (χ2n) is 6.76. The molecular formula is C21H18FN5O. The van der Waals surface area contributed by atoms with Gasteiger partial charge in [-0.15, -0.1) is 6.42 Å². The summed E-state index contributed by atoms with van der Waals surface area (Å²) < 4.78 is 15.7. The highest BCUT2D eigenvalue weighted by Gasteiger charge is 2.30. The highest BCUT2D eigenvalue weighted by molar-refractivity contribution is 5.86. The Hall–Kier alpha value is -3.42. The van der Waals surface area contributed by atoms with E-state index >= 15 is 0 Å². The monoisotopic (exact) mass is 375 g/mol. The van der Waals surface area contributed by atoms with E-state index in [2.05, 4.69) is 32.7 Å². The van der Waals surface area contributed by atoms with Crippen LogP contribution in [0.15, 0.2) is 24.3 Å². The molecule has 0 radical (unpaired) electrons. The summed E-state index contributed by atoms with van der Waals surface area (Å²) >= 11 is 0. The summed E-state index contributed by atoms with van der Waals surface area (Å²) in [6, 6.07) is 6.46. The molecule has 140 valence electrons. The molecule has 2 aromatic heterocycles. The van der Waals surface area contributed by atoms with Crippen LogP contribution in [0.3, 0.4) is 0 Å². The number of benzene rings is 1. The number of hydrogen-bond donors (Lipinski definition) is 2. The Morgan fingerprint density at radius 2 is 2.14 bits per heavy atom. The van der Waals surface area contributed by atoms with Crippen LogP contribution < -0.4 is 5.73 Å². The Kier molecular flexibility index (Phi) is 4.26. The topological polar surface area (TPSA) is 89.9 Å². The number of anilines is 1. The highest BCUT2D eigenvalue weighted by atomic mass is 19.1. The van der Waals surface area contributed by atoms with Crippen LogP contribution in [-0.2, 0) is 0 Å². The van der Waals surface area contributed by atoms with Gasteiger partial charge in [0.2, 0.25) is 5.82 Å². The molecule has 1 aliphatic carbocycles. The van der Waals surface area contributed by atoms with Crippen molar-refractivity contribution in [1.29, 1.82) is 0 Å². The van der Waals surface area contributed by atoms with Crippen LogP contribution >= 0.6 is 0 Å². The van der Waals surface area contributed by atoms with Crippen molar-refractivity contribution in [3.05, 3.63) is 35.9 Å². The number of imidazole rings is 1. The minimum Gasteiger partial charge on any atom is -0.382 e. The first-order chi connectivity index (χ1) is 13.4. The number of aliphatic hydroxyl groups is 1. The van der Waals surface area contributed by atoms with Crippen molar-refractivity contribution in [3.8, 4) is 35.6 Å². The summed E-state index contributed by atoms with van der Waals surface area (Å²) in [7, 11) is 0. The molecular weight excluding hydrogens is 357 g/mol. The summed E-state index contributed by atoms with van der Waals surface area (Å²) in [5, 5.41) is 10.2. The van der Waals surface area contributed by atoms with Gasteiger partial charge < -0.3 is 15.4 Å². The fourth-order valence-electron chi connectivity index (χ4n) is 2.95. The van der Waals surface area contributed by atoms with Gasteiger partial charge in [-0.05, 0) is 43.2 Å². The van der Waals surface area contributed by atoms with Gasteiger partial charge in [-0.1, -0.05) is 25.0 Å². The Labute approximate surface area is 161 Å². The molecule has 1 aromatic carbocycles. The molecule has 1 atom stereocenters. The summed E-state index contributed by atoms with van der Waals surface area (Å²) in [6.45, 7) is 1.74. The Bertz CT molecular complexity index is 1180. The maximum atomic E-state index is 13.7. The molecule has 6 nitrogen and oxygen atoms in total. The molecule has 1 unspecified atom stereocenters. The smallest absolute Gasteiger partial charge is 0.209 e.